The lowest BCUT2D eigenvalue weighted by Gasteiger charge is -2.45. The van der Waals surface area contributed by atoms with E-state index in [1.54, 1.807) is 6.92 Å². The Morgan fingerprint density at radius 2 is 1.65 bits per heavy atom. The minimum Gasteiger partial charge on any atom is -0.343 e. The first kappa shape index (κ1) is 23.3. The van der Waals surface area contributed by atoms with Gasteiger partial charge in [-0.3, -0.25) is 14.4 Å². The molecular weight excluding hydrogens is 386 g/mol. The van der Waals surface area contributed by atoms with Crippen molar-refractivity contribution in [2.75, 3.05) is 13.1 Å². The Bertz CT molecular complexity index is 883. The molecule has 1 saturated carbocycles. The van der Waals surface area contributed by atoms with Crippen LogP contribution in [0, 0.1) is 31.1 Å². The molecule has 0 unspecified atom stereocenters. The minimum absolute atomic E-state index is 0.0412. The Morgan fingerprint density at radius 3 is 2.16 bits per heavy atom. The fourth-order valence-electron chi connectivity index (χ4n) is 5.42. The zero-order valence-corrected chi connectivity index (χ0v) is 19.5. The van der Waals surface area contributed by atoms with Crippen molar-refractivity contribution in [3.63, 3.8) is 0 Å². The zero-order valence-electron chi connectivity index (χ0n) is 19.5. The van der Waals surface area contributed by atoms with Crippen LogP contribution in [0.15, 0.2) is 12.1 Å². The van der Waals surface area contributed by atoms with E-state index in [1.165, 1.54) is 0 Å². The molecule has 0 bridgehead atoms. The van der Waals surface area contributed by atoms with Gasteiger partial charge < -0.3 is 4.90 Å². The Kier molecular flexibility index (Phi) is 7.36. The van der Waals surface area contributed by atoms with Crippen molar-refractivity contribution in [3.8, 4) is 11.8 Å². The monoisotopic (exact) mass is 421 g/mol. The van der Waals surface area contributed by atoms with Gasteiger partial charge in [0.1, 0.15) is 17.5 Å². The van der Waals surface area contributed by atoms with Gasteiger partial charge in [0.05, 0.1) is 0 Å². The largest absolute Gasteiger partial charge is 0.343 e. The van der Waals surface area contributed by atoms with Crippen molar-refractivity contribution < 1.29 is 14.4 Å². The SMILES string of the molecule is CC#Cc1cc(C)c(C2C(=O)CC3(CCN(C(=O)CCCCC)CC3)CC2=O)c(C)c1. The second kappa shape index (κ2) is 9.81. The van der Waals surface area contributed by atoms with Gasteiger partial charge in [0.25, 0.3) is 0 Å². The molecule has 0 N–H and O–H groups in total. The summed E-state index contributed by atoms with van der Waals surface area (Å²) >= 11 is 0. The molecule has 2 aliphatic rings. The molecule has 1 aliphatic heterocycles. The summed E-state index contributed by atoms with van der Waals surface area (Å²) in [7, 11) is 0. The van der Waals surface area contributed by atoms with Crippen LogP contribution in [0.25, 0.3) is 0 Å². The van der Waals surface area contributed by atoms with Crippen molar-refractivity contribution in [3.05, 3.63) is 34.4 Å². The van der Waals surface area contributed by atoms with E-state index in [0.717, 1.165) is 54.4 Å². The predicted molar refractivity (Wildman–Crippen MR) is 123 cm³/mol. The van der Waals surface area contributed by atoms with Gasteiger partial charge in [-0.25, -0.2) is 0 Å². The number of rotatable bonds is 5. The van der Waals surface area contributed by atoms with Gasteiger partial charge in [0.15, 0.2) is 0 Å². The first-order chi connectivity index (χ1) is 14.8. The molecule has 1 spiro atoms. The van der Waals surface area contributed by atoms with Gasteiger partial charge >= 0.3 is 0 Å². The molecule has 1 saturated heterocycles. The smallest absolute Gasteiger partial charge is 0.222 e. The number of ketones is 2. The topological polar surface area (TPSA) is 54.5 Å². The van der Waals surface area contributed by atoms with Crippen molar-refractivity contribution in [2.24, 2.45) is 5.41 Å². The van der Waals surface area contributed by atoms with E-state index in [4.69, 9.17) is 0 Å². The fraction of sp³-hybridized carbons (Fsp3) is 0.593. The van der Waals surface area contributed by atoms with Crippen molar-refractivity contribution in [2.45, 2.75) is 85.0 Å². The molecule has 1 aromatic rings. The molecule has 1 heterocycles. The zero-order chi connectivity index (χ0) is 22.6. The number of hydrogen-bond donors (Lipinski definition) is 0. The van der Waals surface area contributed by atoms with Crippen LogP contribution in [0.4, 0.5) is 0 Å². The molecule has 1 amide bonds. The summed E-state index contributed by atoms with van der Waals surface area (Å²) in [6.45, 7) is 9.21. The number of likely N-dealkylation sites (tertiary alicyclic amines) is 1. The average molecular weight is 422 g/mol. The van der Waals surface area contributed by atoms with Crippen LogP contribution in [-0.4, -0.2) is 35.5 Å². The van der Waals surface area contributed by atoms with Gasteiger partial charge in [-0.05, 0) is 74.3 Å². The van der Waals surface area contributed by atoms with Gasteiger partial charge in [0.2, 0.25) is 5.91 Å². The van der Waals surface area contributed by atoms with Crippen LogP contribution in [0.1, 0.15) is 93.4 Å². The van der Waals surface area contributed by atoms with Crippen molar-refractivity contribution >= 4 is 17.5 Å². The molecule has 1 aromatic carbocycles. The van der Waals surface area contributed by atoms with E-state index >= 15 is 0 Å². The summed E-state index contributed by atoms with van der Waals surface area (Å²) in [5.41, 5.74) is 3.46. The van der Waals surface area contributed by atoms with Gasteiger partial charge in [-0.2, -0.15) is 0 Å². The molecule has 3 rings (SSSR count). The van der Waals surface area contributed by atoms with E-state index in [9.17, 15) is 14.4 Å². The third kappa shape index (κ3) is 5.09. The highest BCUT2D eigenvalue weighted by Gasteiger charge is 2.47. The summed E-state index contributed by atoms with van der Waals surface area (Å²) in [5, 5.41) is 0. The van der Waals surface area contributed by atoms with Crippen LogP contribution in [0.2, 0.25) is 0 Å². The number of nitrogens with zero attached hydrogens (tertiary/aromatic N) is 1. The third-order valence-corrected chi connectivity index (χ3v) is 7.07. The fourth-order valence-corrected chi connectivity index (χ4v) is 5.42. The molecule has 4 heteroatoms. The molecular formula is C27H35NO3. The van der Waals surface area contributed by atoms with E-state index in [1.807, 2.05) is 30.9 Å². The standard InChI is InChI=1S/C27H35NO3/c1-5-7-8-10-24(31)28-13-11-27(12-14-28)17-22(29)26(23(30)18-27)25-19(3)15-21(9-6-2)16-20(25)4/h15-16,26H,5,7-8,10-14,17-18H2,1-4H3. The summed E-state index contributed by atoms with van der Waals surface area (Å²) in [6.07, 6.45) is 6.12. The lowest BCUT2D eigenvalue weighted by Crippen LogP contribution is -2.48. The molecule has 1 aliphatic carbocycles. The average Bonchev–Trinajstić information content (AvgIpc) is 2.70. The number of Topliss-reactive ketones (excluding diaryl/α,β-unsaturated/α-hetero) is 2. The van der Waals surface area contributed by atoms with E-state index in [-0.39, 0.29) is 22.9 Å². The third-order valence-electron chi connectivity index (χ3n) is 7.07. The number of amides is 1. The number of unbranched alkanes of at least 4 members (excludes halogenated alkanes) is 2. The van der Waals surface area contributed by atoms with Crippen LogP contribution in [-0.2, 0) is 14.4 Å². The first-order valence-electron chi connectivity index (χ1n) is 11.7. The number of piperidine rings is 1. The van der Waals surface area contributed by atoms with Gasteiger partial charge in [-0.15, -0.1) is 5.92 Å². The number of benzene rings is 1. The predicted octanol–water partition coefficient (Wildman–Crippen LogP) is 4.88. The first-order valence-corrected chi connectivity index (χ1v) is 11.7. The summed E-state index contributed by atoms with van der Waals surface area (Å²) in [4.78, 5) is 40.9. The highest BCUT2D eigenvalue weighted by molar-refractivity contribution is 6.10. The Hall–Kier alpha value is -2.41. The van der Waals surface area contributed by atoms with Gasteiger partial charge in [-0.1, -0.05) is 25.7 Å². The molecule has 0 aromatic heterocycles. The molecule has 166 valence electrons. The maximum absolute atomic E-state index is 13.3. The van der Waals surface area contributed by atoms with Crippen molar-refractivity contribution in [1.82, 2.24) is 4.90 Å². The van der Waals surface area contributed by atoms with Crippen LogP contribution < -0.4 is 0 Å². The molecule has 4 nitrogen and oxygen atoms in total. The summed E-state index contributed by atoms with van der Waals surface area (Å²) in [6, 6.07) is 3.96. The van der Waals surface area contributed by atoms with Crippen LogP contribution in [0.3, 0.4) is 0 Å². The van der Waals surface area contributed by atoms with E-state index < -0.39 is 5.92 Å². The highest BCUT2D eigenvalue weighted by Crippen LogP contribution is 2.46. The second-order valence-electron chi connectivity index (χ2n) is 9.46. The Morgan fingerprint density at radius 1 is 1.06 bits per heavy atom. The number of aryl methyl sites for hydroxylation is 2. The molecule has 0 radical (unpaired) electrons. The highest BCUT2D eigenvalue weighted by atomic mass is 16.2. The normalized spacial score (nSPS) is 18.8. The lowest BCUT2D eigenvalue weighted by atomic mass is 9.62. The molecule has 0 atom stereocenters. The maximum Gasteiger partial charge on any atom is 0.222 e. The quantitative estimate of drug-likeness (QED) is 0.387. The Balaban J connectivity index is 1.70. The molecule has 31 heavy (non-hydrogen) atoms. The lowest BCUT2D eigenvalue weighted by molar-refractivity contribution is -0.140. The second-order valence-corrected chi connectivity index (χ2v) is 9.46. The van der Waals surface area contributed by atoms with Gasteiger partial charge in [0, 0.05) is 37.9 Å². The maximum atomic E-state index is 13.3. The summed E-state index contributed by atoms with van der Waals surface area (Å²) < 4.78 is 0. The van der Waals surface area contributed by atoms with Crippen LogP contribution >= 0.6 is 0 Å². The van der Waals surface area contributed by atoms with E-state index in [0.29, 0.717) is 32.4 Å². The minimum atomic E-state index is -0.650. The molecule has 2 fully saturated rings. The summed E-state index contributed by atoms with van der Waals surface area (Å²) in [5.74, 6) is 5.62. The number of carbonyl (C=O) groups is 3. The van der Waals surface area contributed by atoms with Crippen LogP contribution in [0.5, 0.6) is 0 Å². The van der Waals surface area contributed by atoms with Crippen molar-refractivity contribution in [1.29, 1.82) is 0 Å². The number of hydrogen-bond acceptors (Lipinski definition) is 3. The van der Waals surface area contributed by atoms with E-state index in [2.05, 4.69) is 18.8 Å². The Labute approximate surface area is 186 Å². The number of carbonyl (C=O) groups excluding carboxylic acids is 3.